The van der Waals surface area contributed by atoms with Gasteiger partial charge in [-0.15, -0.1) is 22.7 Å². The first-order valence-electron chi connectivity index (χ1n) is 8.78. The van der Waals surface area contributed by atoms with Gasteiger partial charge < -0.3 is 9.52 Å². The number of fused-ring (bicyclic) bond motifs is 2. The van der Waals surface area contributed by atoms with E-state index in [1.807, 2.05) is 17.4 Å². The predicted molar refractivity (Wildman–Crippen MR) is 109 cm³/mol. The molecule has 1 aliphatic heterocycles. The van der Waals surface area contributed by atoms with Crippen molar-refractivity contribution in [3.05, 3.63) is 84.5 Å². The lowest BCUT2D eigenvalue weighted by Crippen LogP contribution is -2.34. The third-order valence-corrected chi connectivity index (χ3v) is 6.99. The van der Waals surface area contributed by atoms with Crippen LogP contribution >= 0.6 is 22.7 Å². The molecule has 0 radical (unpaired) electrons. The summed E-state index contributed by atoms with van der Waals surface area (Å²) in [6.07, 6.45) is 1.02. The van der Waals surface area contributed by atoms with Gasteiger partial charge in [-0.25, -0.2) is 4.79 Å². The van der Waals surface area contributed by atoms with Crippen molar-refractivity contribution in [1.29, 1.82) is 0 Å². The summed E-state index contributed by atoms with van der Waals surface area (Å²) < 4.78 is 5.28. The molecule has 0 bridgehead atoms. The minimum absolute atomic E-state index is 0.0974. The maximum Gasteiger partial charge on any atom is 0.336 e. The van der Waals surface area contributed by atoms with Crippen LogP contribution in [0.4, 0.5) is 0 Å². The van der Waals surface area contributed by atoms with E-state index in [4.69, 9.17) is 4.42 Å². The quantitative estimate of drug-likeness (QED) is 0.508. The number of benzene rings is 1. The van der Waals surface area contributed by atoms with E-state index in [1.54, 1.807) is 23.5 Å². The molecular formula is C21H17NO3S2. The van der Waals surface area contributed by atoms with Gasteiger partial charge in [-0.3, -0.25) is 4.90 Å². The van der Waals surface area contributed by atoms with Gasteiger partial charge in [0.15, 0.2) is 0 Å². The maximum absolute atomic E-state index is 12.1. The fourth-order valence-electron chi connectivity index (χ4n) is 3.89. The molecule has 0 aliphatic carbocycles. The molecule has 0 unspecified atom stereocenters. The summed E-state index contributed by atoms with van der Waals surface area (Å²) in [7, 11) is 0. The van der Waals surface area contributed by atoms with Gasteiger partial charge in [-0.1, -0.05) is 6.07 Å². The molecule has 136 valence electrons. The first-order valence-corrected chi connectivity index (χ1v) is 10.5. The summed E-state index contributed by atoms with van der Waals surface area (Å²) in [6.45, 7) is 1.60. The summed E-state index contributed by atoms with van der Waals surface area (Å²) in [4.78, 5) is 17.3. The lowest BCUT2D eigenvalue weighted by atomic mass is 9.97. The Balaban J connectivity index is 1.59. The molecule has 1 aliphatic rings. The van der Waals surface area contributed by atoms with E-state index in [0.717, 1.165) is 23.9 Å². The van der Waals surface area contributed by atoms with Gasteiger partial charge in [0.2, 0.25) is 0 Å². The third-order valence-electron chi connectivity index (χ3n) is 5.07. The zero-order valence-electron chi connectivity index (χ0n) is 14.4. The Kier molecular flexibility index (Phi) is 4.11. The zero-order valence-corrected chi connectivity index (χ0v) is 16.1. The molecule has 0 saturated carbocycles. The predicted octanol–water partition coefficient (Wildman–Crippen LogP) is 4.77. The fourth-order valence-corrected chi connectivity index (χ4v) is 5.67. The molecular weight excluding hydrogens is 378 g/mol. The fraction of sp³-hybridized carbons (Fsp3) is 0.190. The summed E-state index contributed by atoms with van der Waals surface area (Å²) in [5.74, 6) is 0.0974. The second-order valence-corrected chi connectivity index (χ2v) is 8.69. The Morgan fingerprint density at radius 2 is 2.07 bits per heavy atom. The van der Waals surface area contributed by atoms with Crippen molar-refractivity contribution >= 4 is 33.6 Å². The number of phenols is 1. The lowest BCUT2D eigenvalue weighted by Gasteiger charge is -2.35. The minimum atomic E-state index is -0.385. The normalized spacial score (nSPS) is 17.3. The highest BCUT2D eigenvalue weighted by Crippen LogP contribution is 2.40. The van der Waals surface area contributed by atoms with E-state index < -0.39 is 0 Å². The Hall–Kier alpha value is -2.41. The van der Waals surface area contributed by atoms with E-state index in [1.165, 1.54) is 21.4 Å². The van der Waals surface area contributed by atoms with E-state index in [0.29, 0.717) is 12.1 Å². The molecule has 4 aromatic rings. The van der Waals surface area contributed by atoms with Gasteiger partial charge in [0, 0.05) is 40.4 Å². The number of nitrogens with zero attached hydrogens (tertiary/aromatic N) is 1. The second kappa shape index (κ2) is 6.64. The molecule has 5 rings (SSSR count). The third kappa shape index (κ3) is 3.00. The maximum atomic E-state index is 12.1. The summed E-state index contributed by atoms with van der Waals surface area (Å²) in [6, 6.07) is 13.3. The highest BCUT2D eigenvalue weighted by Gasteiger charge is 2.30. The van der Waals surface area contributed by atoms with Gasteiger partial charge >= 0.3 is 5.63 Å². The molecule has 4 nitrogen and oxygen atoms in total. The van der Waals surface area contributed by atoms with Crippen molar-refractivity contribution in [2.24, 2.45) is 0 Å². The van der Waals surface area contributed by atoms with Gasteiger partial charge in [-0.05, 0) is 52.6 Å². The molecule has 0 fully saturated rings. The molecule has 6 heteroatoms. The van der Waals surface area contributed by atoms with Crippen LogP contribution in [-0.2, 0) is 13.0 Å². The van der Waals surface area contributed by atoms with Gasteiger partial charge in [0.1, 0.15) is 11.3 Å². The highest BCUT2D eigenvalue weighted by molar-refractivity contribution is 7.10. The highest BCUT2D eigenvalue weighted by atomic mass is 32.1. The van der Waals surface area contributed by atoms with Crippen LogP contribution in [0.5, 0.6) is 5.75 Å². The largest absolute Gasteiger partial charge is 0.508 e. The van der Waals surface area contributed by atoms with Gasteiger partial charge in [0.05, 0.1) is 6.04 Å². The zero-order chi connectivity index (χ0) is 18.4. The second-order valence-electron chi connectivity index (χ2n) is 6.71. The van der Waals surface area contributed by atoms with Crippen LogP contribution in [0.2, 0.25) is 0 Å². The van der Waals surface area contributed by atoms with Crippen molar-refractivity contribution in [3.8, 4) is 5.75 Å². The van der Waals surface area contributed by atoms with Gasteiger partial charge in [0.25, 0.3) is 0 Å². The average molecular weight is 396 g/mol. The lowest BCUT2D eigenvalue weighted by molar-refractivity contribution is 0.209. The van der Waals surface area contributed by atoms with E-state index in [-0.39, 0.29) is 17.4 Å². The molecule has 0 amide bonds. The van der Waals surface area contributed by atoms with Crippen LogP contribution in [0.3, 0.4) is 0 Å². The SMILES string of the molecule is O=c1cc(CN2CCc3sccc3[C@H]2c2cccs2)c2ccc(O)cc2o1. The van der Waals surface area contributed by atoms with Crippen LogP contribution in [0.25, 0.3) is 11.0 Å². The van der Waals surface area contributed by atoms with Crippen LogP contribution < -0.4 is 5.63 Å². The van der Waals surface area contributed by atoms with Crippen LogP contribution in [-0.4, -0.2) is 16.6 Å². The Morgan fingerprint density at radius 3 is 2.93 bits per heavy atom. The summed E-state index contributed by atoms with van der Waals surface area (Å²) in [5, 5.41) is 14.9. The van der Waals surface area contributed by atoms with Crippen molar-refractivity contribution in [2.75, 3.05) is 6.54 Å². The number of rotatable bonds is 3. The summed E-state index contributed by atoms with van der Waals surface area (Å²) >= 11 is 3.60. The van der Waals surface area contributed by atoms with Crippen LogP contribution in [0, 0.1) is 0 Å². The van der Waals surface area contributed by atoms with Crippen molar-refractivity contribution < 1.29 is 9.52 Å². The number of hydrogen-bond donors (Lipinski definition) is 1. The molecule has 0 saturated heterocycles. The molecule has 1 aromatic carbocycles. The standard InChI is InChI=1S/C21H17NO3S2/c23-14-3-4-15-13(10-20(24)25-17(15)11-14)12-22-7-5-18-16(6-9-27-18)21(22)19-2-1-8-26-19/h1-4,6,8-11,21,23H,5,7,12H2/t21-/m0/s1. The Labute approximate surface area is 163 Å². The number of aromatic hydroxyl groups is 1. The van der Waals surface area contributed by atoms with Crippen molar-refractivity contribution in [3.63, 3.8) is 0 Å². The average Bonchev–Trinajstić information content (AvgIpc) is 3.32. The first-order chi connectivity index (χ1) is 13.2. The smallest absolute Gasteiger partial charge is 0.336 e. The number of thiophene rings is 2. The molecule has 3 aromatic heterocycles. The number of hydrogen-bond acceptors (Lipinski definition) is 6. The molecule has 4 heterocycles. The van der Waals surface area contributed by atoms with E-state index in [9.17, 15) is 9.90 Å². The molecule has 0 spiro atoms. The van der Waals surface area contributed by atoms with Gasteiger partial charge in [-0.2, -0.15) is 0 Å². The van der Waals surface area contributed by atoms with E-state index >= 15 is 0 Å². The number of phenolic OH excluding ortho intramolecular Hbond substituents is 1. The van der Waals surface area contributed by atoms with E-state index in [2.05, 4.69) is 33.9 Å². The van der Waals surface area contributed by atoms with Crippen molar-refractivity contribution in [2.45, 2.75) is 19.0 Å². The minimum Gasteiger partial charge on any atom is -0.508 e. The first kappa shape index (κ1) is 16.7. The topological polar surface area (TPSA) is 53.7 Å². The molecule has 1 atom stereocenters. The Morgan fingerprint density at radius 1 is 1.15 bits per heavy atom. The van der Waals surface area contributed by atoms with Crippen LogP contribution in [0.1, 0.15) is 26.9 Å². The summed E-state index contributed by atoms with van der Waals surface area (Å²) in [5.41, 5.74) is 2.35. The van der Waals surface area contributed by atoms with Crippen molar-refractivity contribution in [1.82, 2.24) is 4.90 Å². The molecule has 27 heavy (non-hydrogen) atoms. The van der Waals surface area contributed by atoms with Crippen LogP contribution in [0.15, 0.2) is 62.4 Å². The Bertz CT molecular complexity index is 1160. The monoisotopic (exact) mass is 395 g/mol. The molecule has 1 N–H and O–H groups in total.